The van der Waals surface area contributed by atoms with E-state index < -0.39 is 0 Å². The number of aryl methyl sites for hydroxylation is 1. The minimum Gasteiger partial charge on any atom is -0.337 e. The summed E-state index contributed by atoms with van der Waals surface area (Å²) in [4.78, 5) is 31.5. The largest absolute Gasteiger partial charge is 0.337 e. The minimum atomic E-state index is -0.183. The Morgan fingerprint density at radius 1 is 1.35 bits per heavy atom. The summed E-state index contributed by atoms with van der Waals surface area (Å²) in [5, 5.41) is 3.35. The molecule has 0 aliphatic carbocycles. The van der Waals surface area contributed by atoms with E-state index in [-0.39, 0.29) is 24.1 Å². The SMILES string of the molecule is Cc1nc2ccccc2n(CC(=O)N2CC[C@H]3CNC[C@H]32)c1=O. The van der Waals surface area contributed by atoms with Crippen LogP contribution in [0, 0.1) is 12.8 Å². The van der Waals surface area contributed by atoms with Gasteiger partial charge in [0, 0.05) is 25.7 Å². The van der Waals surface area contributed by atoms with Crippen molar-refractivity contribution in [2.24, 2.45) is 5.92 Å². The van der Waals surface area contributed by atoms with Crippen molar-refractivity contribution in [2.45, 2.75) is 25.9 Å². The zero-order chi connectivity index (χ0) is 16.0. The molecule has 1 amide bonds. The van der Waals surface area contributed by atoms with Gasteiger partial charge in [0.05, 0.1) is 11.0 Å². The Morgan fingerprint density at radius 3 is 3.04 bits per heavy atom. The van der Waals surface area contributed by atoms with Gasteiger partial charge in [-0.05, 0) is 31.4 Å². The van der Waals surface area contributed by atoms with E-state index in [0.29, 0.717) is 11.6 Å². The highest BCUT2D eigenvalue weighted by atomic mass is 16.2. The number of likely N-dealkylation sites (tertiary alicyclic amines) is 1. The Labute approximate surface area is 134 Å². The molecule has 2 aromatic rings. The van der Waals surface area contributed by atoms with Crippen LogP contribution in [-0.2, 0) is 11.3 Å². The first-order valence-electron chi connectivity index (χ1n) is 8.11. The van der Waals surface area contributed by atoms with Gasteiger partial charge >= 0.3 is 0 Å². The molecule has 0 bridgehead atoms. The molecule has 4 rings (SSSR count). The minimum absolute atomic E-state index is 0.0269. The molecule has 23 heavy (non-hydrogen) atoms. The van der Waals surface area contributed by atoms with Crippen molar-refractivity contribution in [1.29, 1.82) is 0 Å². The molecule has 2 fully saturated rings. The van der Waals surface area contributed by atoms with Crippen molar-refractivity contribution in [3.8, 4) is 0 Å². The second-order valence-electron chi connectivity index (χ2n) is 6.44. The number of rotatable bonds is 2. The first-order chi connectivity index (χ1) is 11.1. The Balaban J connectivity index is 1.69. The Kier molecular flexibility index (Phi) is 3.41. The van der Waals surface area contributed by atoms with Crippen molar-refractivity contribution in [1.82, 2.24) is 19.8 Å². The summed E-state index contributed by atoms with van der Waals surface area (Å²) in [5.74, 6) is 0.589. The normalized spacial score (nSPS) is 23.4. The quantitative estimate of drug-likeness (QED) is 0.878. The number of para-hydroxylation sites is 2. The highest BCUT2D eigenvalue weighted by Gasteiger charge is 2.39. The fraction of sp³-hybridized carbons (Fsp3) is 0.471. The average molecular weight is 312 g/mol. The maximum atomic E-state index is 12.8. The maximum Gasteiger partial charge on any atom is 0.272 e. The smallest absolute Gasteiger partial charge is 0.272 e. The van der Waals surface area contributed by atoms with Gasteiger partial charge in [-0.15, -0.1) is 0 Å². The number of hydrogen-bond acceptors (Lipinski definition) is 4. The highest BCUT2D eigenvalue weighted by molar-refractivity contribution is 5.80. The molecule has 1 N–H and O–H groups in total. The third-order valence-electron chi connectivity index (χ3n) is 5.07. The fourth-order valence-electron chi connectivity index (χ4n) is 3.86. The van der Waals surface area contributed by atoms with Crippen molar-refractivity contribution >= 4 is 16.9 Å². The van der Waals surface area contributed by atoms with Gasteiger partial charge in [-0.1, -0.05) is 12.1 Å². The first kappa shape index (κ1) is 14.4. The zero-order valence-corrected chi connectivity index (χ0v) is 13.2. The number of aromatic nitrogens is 2. The molecule has 2 aliphatic heterocycles. The predicted molar refractivity (Wildman–Crippen MR) is 87.2 cm³/mol. The lowest BCUT2D eigenvalue weighted by Crippen LogP contribution is -2.42. The highest BCUT2D eigenvalue weighted by Crippen LogP contribution is 2.27. The van der Waals surface area contributed by atoms with E-state index in [1.807, 2.05) is 29.2 Å². The standard InChI is InChI=1S/C17H20N4O2/c1-11-17(23)21(14-5-3-2-4-13(14)19-11)10-16(22)20-7-6-12-8-18-9-15(12)20/h2-5,12,15,18H,6-10H2,1H3/t12-,15+/m0/s1. The van der Waals surface area contributed by atoms with Crippen LogP contribution in [0.2, 0.25) is 0 Å². The molecule has 2 saturated heterocycles. The van der Waals surface area contributed by atoms with Crippen LogP contribution in [0.1, 0.15) is 12.1 Å². The molecular weight excluding hydrogens is 292 g/mol. The Bertz CT molecular complexity index is 829. The number of nitrogens with one attached hydrogen (secondary N) is 1. The Morgan fingerprint density at radius 2 is 2.17 bits per heavy atom. The van der Waals surface area contributed by atoms with E-state index in [2.05, 4.69) is 10.3 Å². The summed E-state index contributed by atoms with van der Waals surface area (Å²) in [6.07, 6.45) is 1.05. The van der Waals surface area contributed by atoms with Crippen molar-refractivity contribution in [3.05, 3.63) is 40.3 Å². The van der Waals surface area contributed by atoms with Crippen LogP contribution < -0.4 is 10.9 Å². The number of fused-ring (bicyclic) bond motifs is 2. The lowest BCUT2D eigenvalue weighted by atomic mass is 10.1. The summed E-state index contributed by atoms with van der Waals surface area (Å²) in [6, 6.07) is 7.76. The second-order valence-corrected chi connectivity index (χ2v) is 6.44. The Hall–Kier alpha value is -2.21. The molecule has 0 saturated carbocycles. The van der Waals surface area contributed by atoms with Gasteiger partial charge in [-0.2, -0.15) is 0 Å². The number of nitrogens with zero attached hydrogens (tertiary/aromatic N) is 3. The molecule has 1 aromatic carbocycles. The van der Waals surface area contributed by atoms with Crippen LogP contribution >= 0.6 is 0 Å². The fourth-order valence-corrected chi connectivity index (χ4v) is 3.86. The second kappa shape index (κ2) is 5.45. The summed E-state index contributed by atoms with van der Waals surface area (Å²) >= 11 is 0. The van der Waals surface area contributed by atoms with Crippen molar-refractivity contribution in [2.75, 3.05) is 19.6 Å². The van der Waals surface area contributed by atoms with Gasteiger partial charge in [0.2, 0.25) is 5.91 Å². The van der Waals surface area contributed by atoms with Gasteiger partial charge in [0.25, 0.3) is 5.56 Å². The van der Waals surface area contributed by atoms with E-state index in [0.717, 1.165) is 37.1 Å². The van der Waals surface area contributed by atoms with Gasteiger partial charge in [-0.25, -0.2) is 4.98 Å². The maximum absolute atomic E-state index is 12.8. The molecule has 6 nitrogen and oxygen atoms in total. The van der Waals surface area contributed by atoms with Gasteiger partial charge in [-0.3, -0.25) is 14.2 Å². The number of benzene rings is 1. The number of carbonyl (C=O) groups is 1. The molecule has 0 unspecified atom stereocenters. The lowest BCUT2D eigenvalue weighted by molar-refractivity contribution is -0.132. The van der Waals surface area contributed by atoms with E-state index in [9.17, 15) is 9.59 Å². The van der Waals surface area contributed by atoms with Crippen LogP contribution in [0.5, 0.6) is 0 Å². The third kappa shape index (κ3) is 2.34. The van der Waals surface area contributed by atoms with Crippen LogP contribution in [-0.4, -0.2) is 46.0 Å². The predicted octanol–water partition coefficient (Wildman–Crippen LogP) is 0.525. The van der Waals surface area contributed by atoms with E-state index in [1.54, 1.807) is 11.5 Å². The molecule has 3 heterocycles. The number of carbonyl (C=O) groups excluding carboxylic acids is 1. The van der Waals surface area contributed by atoms with Crippen molar-refractivity contribution < 1.29 is 4.79 Å². The molecule has 2 aliphatic rings. The number of hydrogen-bond donors (Lipinski definition) is 1. The molecule has 0 spiro atoms. The van der Waals surface area contributed by atoms with E-state index >= 15 is 0 Å². The summed E-state index contributed by atoms with van der Waals surface area (Å²) in [6.45, 7) is 4.44. The average Bonchev–Trinajstić information content (AvgIpc) is 3.14. The van der Waals surface area contributed by atoms with Crippen molar-refractivity contribution in [3.63, 3.8) is 0 Å². The van der Waals surface area contributed by atoms with Crippen LogP contribution in [0.4, 0.5) is 0 Å². The first-order valence-corrected chi connectivity index (χ1v) is 8.11. The van der Waals surface area contributed by atoms with Gasteiger partial charge in [0.1, 0.15) is 12.2 Å². The molecule has 1 aromatic heterocycles. The van der Waals surface area contributed by atoms with Crippen LogP contribution in [0.25, 0.3) is 11.0 Å². The molecule has 120 valence electrons. The summed E-state index contributed by atoms with van der Waals surface area (Å²) in [5.41, 5.74) is 1.71. The molecule has 2 atom stereocenters. The zero-order valence-electron chi connectivity index (χ0n) is 13.2. The van der Waals surface area contributed by atoms with E-state index in [4.69, 9.17) is 0 Å². The topological polar surface area (TPSA) is 67.2 Å². The molecule has 6 heteroatoms. The number of amides is 1. The van der Waals surface area contributed by atoms with Crippen LogP contribution in [0.3, 0.4) is 0 Å². The summed E-state index contributed by atoms with van der Waals surface area (Å²) < 4.78 is 1.57. The molecular formula is C17H20N4O2. The van der Waals surface area contributed by atoms with Crippen LogP contribution in [0.15, 0.2) is 29.1 Å². The van der Waals surface area contributed by atoms with Gasteiger partial charge in [0.15, 0.2) is 0 Å². The third-order valence-corrected chi connectivity index (χ3v) is 5.07. The lowest BCUT2D eigenvalue weighted by Gasteiger charge is -2.24. The van der Waals surface area contributed by atoms with E-state index in [1.165, 1.54) is 0 Å². The summed E-state index contributed by atoms with van der Waals surface area (Å²) in [7, 11) is 0. The monoisotopic (exact) mass is 312 g/mol. The van der Waals surface area contributed by atoms with Gasteiger partial charge < -0.3 is 10.2 Å². The molecule has 0 radical (unpaired) electrons.